The van der Waals surface area contributed by atoms with Gasteiger partial charge in [0.25, 0.3) is 5.91 Å². The van der Waals surface area contributed by atoms with Gasteiger partial charge in [0.2, 0.25) is 0 Å². The molecule has 5 nitrogen and oxygen atoms in total. The second-order valence-corrected chi connectivity index (χ2v) is 6.65. The molecule has 0 aliphatic rings. The van der Waals surface area contributed by atoms with Crippen LogP contribution in [-0.2, 0) is 11.2 Å². The van der Waals surface area contributed by atoms with E-state index in [2.05, 4.69) is 17.2 Å². The number of nitrogens with zero attached hydrogens (tertiary/aromatic N) is 1. The Morgan fingerprint density at radius 1 is 1.07 bits per heavy atom. The van der Waals surface area contributed by atoms with Crippen LogP contribution in [0.5, 0.6) is 11.5 Å². The number of para-hydroxylation sites is 1. The molecule has 0 bridgehead atoms. The fraction of sp³-hybridized carbons (Fsp3) is 0.238. The maximum Gasteiger partial charge on any atom is 0.264 e. The van der Waals surface area contributed by atoms with E-state index in [4.69, 9.17) is 9.47 Å². The first-order chi connectivity index (χ1) is 13.2. The number of carbonyl (C=O) groups excluding carboxylic acids is 1. The molecule has 1 aromatic heterocycles. The minimum atomic E-state index is -0.228. The number of hydrogen-bond acceptors (Lipinski definition) is 5. The molecule has 0 fully saturated rings. The van der Waals surface area contributed by atoms with Crippen LogP contribution >= 0.6 is 11.3 Å². The molecule has 0 aliphatic heterocycles. The van der Waals surface area contributed by atoms with Gasteiger partial charge in [-0.15, -0.1) is 11.3 Å². The van der Waals surface area contributed by atoms with Gasteiger partial charge in [0.1, 0.15) is 11.5 Å². The summed E-state index contributed by atoms with van der Waals surface area (Å²) >= 11 is 1.39. The Morgan fingerprint density at radius 3 is 2.59 bits per heavy atom. The van der Waals surface area contributed by atoms with Crippen LogP contribution in [0.25, 0.3) is 11.3 Å². The Kier molecular flexibility index (Phi) is 6.44. The largest absolute Gasteiger partial charge is 0.494 e. The lowest BCUT2D eigenvalue weighted by Gasteiger charge is -2.09. The van der Waals surface area contributed by atoms with Gasteiger partial charge in [-0.3, -0.25) is 10.1 Å². The number of benzene rings is 2. The minimum Gasteiger partial charge on any atom is -0.494 e. The smallest absolute Gasteiger partial charge is 0.264 e. The quantitative estimate of drug-likeness (QED) is 0.609. The summed E-state index contributed by atoms with van der Waals surface area (Å²) in [4.78, 5) is 16.6. The minimum absolute atomic E-state index is 0.0466. The Hall–Kier alpha value is -2.86. The van der Waals surface area contributed by atoms with E-state index in [1.54, 1.807) is 0 Å². The van der Waals surface area contributed by atoms with Crippen molar-refractivity contribution in [2.75, 3.05) is 18.5 Å². The molecule has 0 saturated heterocycles. The first-order valence-electron chi connectivity index (χ1n) is 8.89. The zero-order chi connectivity index (χ0) is 19.1. The summed E-state index contributed by atoms with van der Waals surface area (Å²) < 4.78 is 11.1. The number of hydrogen-bond donors (Lipinski definition) is 1. The number of nitrogens with one attached hydrogen (secondary N) is 1. The van der Waals surface area contributed by atoms with Crippen molar-refractivity contribution < 1.29 is 14.3 Å². The van der Waals surface area contributed by atoms with E-state index in [1.165, 1.54) is 11.3 Å². The van der Waals surface area contributed by atoms with Crippen molar-refractivity contribution in [3.63, 3.8) is 0 Å². The highest BCUT2D eigenvalue weighted by atomic mass is 32.1. The molecule has 0 atom stereocenters. The van der Waals surface area contributed by atoms with Gasteiger partial charge in [0, 0.05) is 10.9 Å². The van der Waals surface area contributed by atoms with Gasteiger partial charge < -0.3 is 9.47 Å². The van der Waals surface area contributed by atoms with Crippen molar-refractivity contribution in [3.05, 3.63) is 59.5 Å². The number of aryl methyl sites for hydroxylation is 1. The molecule has 2 aromatic carbocycles. The van der Waals surface area contributed by atoms with Gasteiger partial charge >= 0.3 is 0 Å². The van der Waals surface area contributed by atoms with E-state index in [1.807, 2.05) is 60.8 Å². The molecule has 0 aliphatic carbocycles. The normalized spacial score (nSPS) is 10.4. The van der Waals surface area contributed by atoms with Gasteiger partial charge in [-0.25, -0.2) is 4.98 Å². The fourth-order valence-electron chi connectivity index (χ4n) is 2.59. The number of anilines is 1. The van der Waals surface area contributed by atoms with Crippen LogP contribution in [0.15, 0.2) is 53.9 Å². The molecule has 6 heteroatoms. The van der Waals surface area contributed by atoms with E-state index in [9.17, 15) is 4.79 Å². The van der Waals surface area contributed by atoms with Crippen LogP contribution in [0.4, 0.5) is 5.13 Å². The number of amides is 1. The second-order valence-electron chi connectivity index (χ2n) is 5.79. The van der Waals surface area contributed by atoms with E-state index >= 15 is 0 Å². The third-order valence-corrected chi connectivity index (χ3v) is 4.68. The lowest BCUT2D eigenvalue weighted by molar-refractivity contribution is -0.118. The molecule has 27 heavy (non-hydrogen) atoms. The summed E-state index contributed by atoms with van der Waals surface area (Å²) in [6, 6.07) is 15.5. The summed E-state index contributed by atoms with van der Waals surface area (Å²) in [6.45, 7) is 4.60. The topological polar surface area (TPSA) is 60.5 Å². The highest BCUT2D eigenvalue weighted by molar-refractivity contribution is 7.14. The Balaban J connectivity index is 1.57. The molecule has 0 unspecified atom stereocenters. The van der Waals surface area contributed by atoms with Gasteiger partial charge in [0.15, 0.2) is 11.7 Å². The Morgan fingerprint density at radius 2 is 1.85 bits per heavy atom. The van der Waals surface area contributed by atoms with Gasteiger partial charge in [-0.1, -0.05) is 25.1 Å². The van der Waals surface area contributed by atoms with Crippen molar-refractivity contribution in [3.8, 4) is 22.8 Å². The summed E-state index contributed by atoms with van der Waals surface area (Å²) in [5, 5.41) is 5.26. The van der Waals surface area contributed by atoms with Crippen LogP contribution in [0, 0.1) is 0 Å². The summed E-state index contributed by atoms with van der Waals surface area (Å²) in [7, 11) is 0. The van der Waals surface area contributed by atoms with Crippen LogP contribution in [-0.4, -0.2) is 24.1 Å². The van der Waals surface area contributed by atoms with Crippen LogP contribution in [0.3, 0.4) is 0 Å². The predicted molar refractivity (Wildman–Crippen MR) is 109 cm³/mol. The van der Waals surface area contributed by atoms with Crippen molar-refractivity contribution in [2.24, 2.45) is 0 Å². The van der Waals surface area contributed by atoms with Crippen molar-refractivity contribution in [2.45, 2.75) is 20.3 Å². The molecule has 1 amide bonds. The zero-order valence-electron chi connectivity index (χ0n) is 15.4. The van der Waals surface area contributed by atoms with E-state index in [0.717, 1.165) is 34.7 Å². The summed E-state index contributed by atoms with van der Waals surface area (Å²) in [5.41, 5.74) is 2.87. The summed E-state index contributed by atoms with van der Waals surface area (Å²) in [5.74, 6) is 1.34. The number of carbonyl (C=O) groups is 1. The molecule has 0 saturated carbocycles. The number of rotatable bonds is 8. The third kappa shape index (κ3) is 5.08. The van der Waals surface area contributed by atoms with E-state index in [0.29, 0.717) is 11.7 Å². The SMILES string of the molecule is CCOc1ccc(-c2csc(NC(=O)COc3ccccc3CC)n2)cc1. The molecular weight excluding hydrogens is 360 g/mol. The molecule has 0 radical (unpaired) electrons. The van der Waals surface area contributed by atoms with Gasteiger partial charge in [-0.2, -0.15) is 0 Å². The first kappa shape index (κ1) is 18.9. The number of thiazole rings is 1. The van der Waals surface area contributed by atoms with E-state index < -0.39 is 0 Å². The van der Waals surface area contributed by atoms with Crippen LogP contribution in [0.1, 0.15) is 19.4 Å². The average Bonchev–Trinajstić information content (AvgIpc) is 3.16. The van der Waals surface area contributed by atoms with Crippen molar-refractivity contribution >= 4 is 22.4 Å². The molecule has 1 heterocycles. The van der Waals surface area contributed by atoms with Crippen LogP contribution in [0.2, 0.25) is 0 Å². The monoisotopic (exact) mass is 382 g/mol. The van der Waals surface area contributed by atoms with Crippen LogP contribution < -0.4 is 14.8 Å². The zero-order valence-corrected chi connectivity index (χ0v) is 16.2. The first-order valence-corrected chi connectivity index (χ1v) is 9.77. The predicted octanol–water partition coefficient (Wildman–Crippen LogP) is 4.79. The Labute approximate surface area is 163 Å². The summed E-state index contributed by atoms with van der Waals surface area (Å²) in [6.07, 6.45) is 0.857. The number of ether oxygens (including phenoxy) is 2. The second kappa shape index (κ2) is 9.19. The maximum absolute atomic E-state index is 12.2. The maximum atomic E-state index is 12.2. The van der Waals surface area contributed by atoms with Gasteiger partial charge in [-0.05, 0) is 49.2 Å². The molecule has 3 aromatic rings. The fourth-order valence-corrected chi connectivity index (χ4v) is 3.32. The lowest BCUT2D eigenvalue weighted by Crippen LogP contribution is -2.20. The molecule has 140 valence electrons. The lowest BCUT2D eigenvalue weighted by atomic mass is 10.1. The number of aromatic nitrogens is 1. The molecule has 1 N–H and O–H groups in total. The van der Waals surface area contributed by atoms with Crippen molar-refractivity contribution in [1.29, 1.82) is 0 Å². The Bertz CT molecular complexity index is 890. The molecule has 3 rings (SSSR count). The highest BCUT2D eigenvalue weighted by Gasteiger charge is 2.10. The molecular formula is C21H22N2O3S. The standard InChI is InChI=1S/C21H22N2O3S/c1-3-15-7-5-6-8-19(15)26-13-20(24)23-21-22-18(14-27-21)16-9-11-17(12-10-16)25-4-2/h5-12,14H,3-4,13H2,1-2H3,(H,22,23,24). The third-order valence-electron chi connectivity index (χ3n) is 3.92. The van der Waals surface area contributed by atoms with E-state index in [-0.39, 0.29) is 12.5 Å². The molecule has 0 spiro atoms. The highest BCUT2D eigenvalue weighted by Crippen LogP contribution is 2.26. The van der Waals surface area contributed by atoms with Gasteiger partial charge in [0.05, 0.1) is 12.3 Å². The van der Waals surface area contributed by atoms with Crippen molar-refractivity contribution in [1.82, 2.24) is 4.98 Å². The average molecular weight is 382 g/mol.